The van der Waals surface area contributed by atoms with Crippen LogP contribution in [0.3, 0.4) is 0 Å². The Morgan fingerprint density at radius 1 is 1.00 bits per heavy atom. The third kappa shape index (κ3) is 11.8. The van der Waals surface area contributed by atoms with E-state index in [0.29, 0.717) is 19.4 Å². The van der Waals surface area contributed by atoms with Gasteiger partial charge in [-0.15, -0.1) is 0 Å². The number of aliphatic hydroxyl groups is 2. The van der Waals surface area contributed by atoms with Crippen LogP contribution in [0.4, 0.5) is 0 Å². The van der Waals surface area contributed by atoms with Crippen molar-refractivity contribution in [3.63, 3.8) is 0 Å². The molecule has 0 saturated carbocycles. The number of ether oxygens (including phenoxy) is 1. The van der Waals surface area contributed by atoms with Gasteiger partial charge in [0.15, 0.2) is 6.29 Å². The van der Waals surface area contributed by atoms with Gasteiger partial charge >= 0.3 is 0 Å². The van der Waals surface area contributed by atoms with Crippen LogP contribution in [0.15, 0.2) is 0 Å². The van der Waals surface area contributed by atoms with Gasteiger partial charge in [0.1, 0.15) is 0 Å². The monoisotopic (exact) mass is 218 g/mol. The predicted octanol–water partition coefficient (Wildman–Crippen LogP) is 2.45. The summed E-state index contributed by atoms with van der Waals surface area (Å²) in [6.07, 6.45) is 7.84. The topological polar surface area (TPSA) is 49.7 Å². The van der Waals surface area contributed by atoms with Crippen molar-refractivity contribution in [2.24, 2.45) is 0 Å². The van der Waals surface area contributed by atoms with Gasteiger partial charge in [-0.3, -0.25) is 0 Å². The van der Waals surface area contributed by atoms with Crippen molar-refractivity contribution in [1.29, 1.82) is 0 Å². The number of hydrogen-bond donors (Lipinski definition) is 2. The largest absolute Gasteiger partial charge is 0.396 e. The molecule has 92 valence electrons. The van der Waals surface area contributed by atoms with Crippen molar-refractivity contribution in [2.45, 2.75) is 64.6 Å². The second-order valence-electron chi connectivity index (χ2n) is 3.96. The lowest BCUT2D eigenvalue weighted by Crippen LogP contribution is -2.13. The Hall–Kier alpha value is -0.120. The third-order valence-corrected chi connectivity index (χ3v) is 2.42. The Morgan fingerprint density at radius 2 is 1.67 bits per heavy atom. The summed E-state index contributed by atoms with van der Waals surface area (Å²) < 4.78 is 5.20. The lowest BCUT2D eigenvalue weighted by Gasteiger charge is -2.10. The number of rotatable bonds is 11. The van der Waals surface area contributed by atoms with Crippen LogP contribution in [0.25, 0.3) is 0 Å². The summed E-state index contributed by atoms with van der Waals surface area (Å²) in [7, 11) is 0. The van der Waals surface area contributed by atoms with Gasteiger partial charge in [-0.2, -0.15) is 0 Å². The molecular weight excluding hydrogens is 192 g/mol. The fourth-order valence-corrected chi connectivity index (χ4v) is 1.45. The second kappa shape index (κ2) is 12.0. The number of unbranched alkanes of at least 4 members (excludes halogenated alkanes) is 5. The Bertz CT molecular complexity index is 117. The van der Waals surface area contributed by atoms with Crippen LogP contribution in [-0.4, -0.2) is 29.7 Å². The molecule has 0 fully saturated rings. The van der Waals surface area contributed by atoms with Gasteiger partial charge in [0.05, 0.1) is 0 Å². The molecule has 1 unspecified atom stereocenters. The maximum atomic E-state index is 9.29. The third-order valence-electron chi connectivity index (χ3n) is 2.42. The molecule has 0 aliphatic carbocycles. The van der Waals surface area contributed by atoms with Crippen LogP contribution in [0.5, 0.6) is 0 Å². The molecule has 0 aromatic rings. The van der Waals surface area contributed by atoms with Gasteiger partial charge in [0, 0.05) is 19.6 Å². The lowest BCUT2D eigenvalue weighted by molar-refractivity contribution is -0.106. The van der Waals surface area contributed by atoms with Crippen LogP contribution in [-0.2, 0) is 4.74 Å². The first-order chi connectivity index (χ1) is 7.31. The van der Waals surface area contributed by atoms with Gasteiger partial charge in [0.25, 0.3) is 0 Å². The number of aliphatic hydroxyl groups excluding tert-OH is 2. The van der Waals surface area contributed by atoms with Crippen molar-refractivity contribution in [2.75, 3.05) is 13.2 Å². The zero-order chi connectivity index (χ0) is 11.4. The highest BCUT2D eigenvalue weighted by molar-refractivity contribution is 4.46. The predicted molar refractivity (Wildman–Crippen MR) is 61.7 cm³/mol. The highest BCUT2D eigenvalue weighted by Gasteiger charge is 2.02. The molecule has 3 nitrogen and oxygen atoms in total. The summed E-state index contributed by atoms with van der Waals surface area (Å²) in [6.45, 7) is 2.97. The van der Waals surface area contributed by atoms with Gasteiger partial charge in [-0.05, 0) is 12.8 Å². The molecule has 0 aliphatic heterocycles. The van der Waals surface area contributed by atoms with Crippen LogP contribution < -0.4 is 0 Å². The van der Waals surface area contributed by atoms with Gasteiger partial charge in [-0.1, -0.05) is 39.0 Å². The summed E-state index contributed by atoms with van der Waals surface area (Å²) >= 11 is 0. The van der Waals surface area contributed by atoms with E-state index >= 15 is 0 Å². The van der Waals surface area contributed by atoms with Crippen LogP contribution in [0.1, 0.15) is 58.3 Å². The first-order valence-electron chi connectivity index (χ1n) is 6.21. The summed E-state index contributed by atoms with van der Waals surface area (Å²) in [5.41, 5.74) is 0. The SMILES string of the molecule is CCCCCCCCOC(O)CCCO. The van der Waals surface area contributed by atoms with E-state index in [2.05, 4.69) is 6.92 Å². The maximum Gasteiger partial charge on any atom is 0.154 e. The molecule has 1 atom stereocenters. The van der Waals surface area contributed by atoms with E-state index in [1.165, 1.54) is 32.1 Å². The van der Waals surface area contributed by atoms with E-state index in [4.69, 9.17) is 9.84 Å². The van der Waals surface area contributed by atoms with Crippen molar-refractivity contribution < 1.29 is 14.9 Å². The molecule has 0 heterocycles. The van der Waals surface area contributed by atoms with E-state index < -0.39 is 6.29 Å². The van der Waals surface area contributed by atoms with Crippen LogP contribution in [0.2, 0.25) is 0 Å². The van der Waals surface area contributed by atoms with E-state index in [9.17, 15) is 5.11 Å². The van der Waals surface area contributed by atoms with Gasteiger partial charge in [-0.25, -0.2) is 0 Å². The molecule has 0 spiro atoms. The summed E-state index contributed by atoms with van der Waals surface area (Å²) in [6, 6.07) is 0. The summed E-state index contributed by atoms with van der Waals surface area (Å²) in [4.78, 5) is 0. The highest BCUT2D eigenvalue weighted by atomic mass is 16.6. The van der Waals surface area contributed by atoms with Crippen molar-refractivity contribution >= 4 is 0 Å². The molecule has 15 heavy (non-hydrogen) atoms. The molecule has 0 radical (unpaired) electrons. The van der Waals surface area contributed by atoms with Crippen molar-refractivity contribution in [1.82, 2.24) is 0 Å². The number of hydrogen-bond acceptors (Lipinski definition) is 3. The van der Waals surface area contributed by atoms with Gasteiger partial charge in [0.2, 0.25) is 0 Å². The molecule has 2 N–H and O–H groups in total. The molecule has 0 bridgehead atoms. The minimum Gasteiger partial charge on any atom is -0.396 e. The van der Waals surface area contributed by atoms with E-state index in [1.807, 2.05) is 0 Å². The van der Waals surface area contributed by atoms with Crippen molar-refractivity contribution in [3.8, 4) is 0 Å². The van der Waals surface area contributed by atoms with E-state index in [0.717, 1.165) is 6.42 Å². The standard InChI is InChI=1S/C12H26O3/c1-2-3-4-5-6-7-11-15-12(14)9-8-10-13/h12-14H,2-11H2,1H3. The molecule has 0 aliphatic rings. The Morgan fingerprint density at radius 3 is 2.33 bits per heavy atom. The first-order valence-corrected chi connectivity index (χ1v) is 6.21. The average Bonchev–Trinajstić information content (AvgIpc) is 2.25. The maximum absolute atomic E-state index is 9.29. The normalized spacial score (nSPS) is 13.0. The molecule has 0 aromatic carbocycles. The Labute approximate surface area is 93.5 Å². The molecule has 0 rings (SSSR count). The fraction of sp³-hybridized carbons (Fsp3) is 1.00. The van der Waals surface area contributed by atoms with Crippen LogP contribution >= 0.6 is 0 Å². The molecule has 0 saturated heterocycles. The average molecular weight is 218 g/mol. The smallest absolute Gasteiger partial charge is 0.154 e. The Balaban J connectivity index is 3.02. The van der Waals surface area contributed by atoms with Crippen LogP contribution in [0, 0.1) is 0 Å². The molecule has 0 aromatic heterocycles. The van der Waals surface area contributed by atoms with Gasteiger partial charge < -0.3 is 14.9 Å². The minimum atomic E-state index is -0.687. The molecule has 3 heteroatoms. The summed E-state index contributed by atoms with van der Waals surface area (Å²) in [5.74, 6) is 0. The first kappa shape index (κ1) is 14.9. The minimum absolute atomic E-state index is 0.122. The zero-order valence-electron chi connectivity index (χ0n) is 9.95. The lowest BCUT2D eigenvalue weighted by atomic mass is 10.1. The summed E-state index contributed by atoms with van der Waals surface area (Å²) in [5, 5.41) is 17.8. The highest BCUT2D eigenvalue weighted by Crippen LogP contribution is 2.06. The van der Waals surface area contributed by atoms with E-state index in [1.54, 1.807) is 0 Å². The van der Waals surface area contributed by atoms with E-state index in [-0.39, 0.29) is 6.61 Å². The fourth-order valence-electron chi connectivity index (χ4n) is 1.45. The molecular formula is C12H26O3. The van der Waals surface area contributed by atoms with Crippen molar-refractivity contribution in [3.05, 3.63) is 0 Å². The second-order valence-corrected chi connectivity index (χ2v) is 3.96. The molecule has 0 amide bonds. The quantitative estimate of drug-likeness (QED) is 0.414. The Kier molecular flexibility index (Phi) is 11.9. The zero-order valence-corrected chi connectivity index (χ0v) is 9.95.